The van der Waals surface area contributed by atoms with Gasteiger partial charge in [-0.25, -0.2) is 15.0 Å². The zero-order valence-corrected chi connectivity index (χ0v) is 20.2. The van der Waals surface area contributed by atoms with Crippen molar-refractivity contribution in [2.75, 3.05) is 0 Å². The lowest BCUT2D eigenvalue weighted by Crippen LogP contribution is -2.00. The normalized spacial score (nSPS) is 19.3. The molecule has 0 saturated heterocycles. The highest BCUT2D eigenvalue weighted by Crippen LogP contribution is 2.40. The van der Waals surface area contributed by atoms with Crippen LogP contribution >= 0.6 is 0 Å². The van der Waals surface area contributed by atoms with E-state index in [1.54, 1.807) is 0 Å². The lowest BCUT2D eigenvalue weighted by atomic mass is 9.96. The molecule has 0 fully saturated rings. The van der Waals surface area contributed by atoms with Crippen LogP contribution < -0.4 is 0 Å². The molecule has 4 heteroatoms. The molecule has 0 amide bonds. The standard InChI is InChI=1S/C37H23N3O/c1-3-12-25(13-4-1)35-38-36(26-14-5-2-6-15-26)40-37(39-35)31-22-29(28-20-19-24-11-7-8-16-27(24)21-28)23-33-34(31)30-17-9-10-18-32(30)41-33/h1-23H/i1D,2D,3D,4D,5D,6D,7D,8D,9D,10D,11D,12D,13D,14D,15D,16D,17D,18D,19D,20D,21D,22D,23D. The van der Waals surface area contributed by atoms with Gasteiger partial charge < -0.3 is 4.42 Å². The lowest BCUT2D eigenvalue weighted by Gasteiger charge is -2.11. The fraction of sp³-hybridized carbons (Fsp3) is 0. The third-order valence-electron chi connectivity index (χ3n) is 5.88. The highest BCUT2D eigenvalue weighted by Gasteiger charge is 2.19. The van der Waals surface area contributed by atoms with Gasteiger partial charge in [0.2, 0.25) is 0 Å². The summed E-state index contributed by atoms with van der Waals surface area (Å²) in [6.45, 7) is 0. The maximum atomic E-state index is 9.78. The third kappa shape index (κ3) is 4.14. The summed E-state index contributed by atoms with van der Waals surface area (Å²) < 4.78 is 205. The van der Waals surface area contributed by atoms with E-state index in [4.69, 9.17) is 31.8 Å². The molecular formula is C37H23N3O. The summed E-state index contributed by atoms with van der Waals surface area (Å²) in [7, 11) is 0. The van der Waals surface area contributed by atoms with Crippen molar-refractivity contribution in [1.29, 1.82) is 0 Å². The number of fused-ring (bicyclic) bond motifs is 4. The van der Waals surface area contributed by atoms with Crippen LogP contribution in [0, 0.1) is 0 Å². The van der Waals surface area contributed by atoms with Gasteiger partial charge in [0.15, 0.2) is 17.5 Å². The second-order valence-electron chi connectivity index (χ2n) is 8.32. The molecule has 0 aliphatic heterocycles. The van der Waals surface area contributed by atoms with Crippen molar-refractivity contribution in [1.82, 2.24) is 15.0 Å². The van der Waals surface area contributed by atoms with Gasteiger partial charge in [0.25, 0.3) is 0 Å². The van der Waals surface area contributed by atoms with Crippen LogP contribution in [0.1, 0.15) is 31.5 Å². The molecule has 8 rings (SSSR count). The van der Waals surface area contributed by atoms with Crippen LogP contribution in [0.25, 0.3) is 78.0 Å². The van der Waals surface area contributed by atoms with Gasteiger partial charge in [-0.1, -0.05) is 115 Å². The molecule has 192 valence electrons. The van der Waals surface area contributed by atoms with Crippen molar-refractivity contribution in [3.05, 3.63) is 139 Å². The predicted octanol–water partition coefficient (Wildman–Crippen LogP) is 9.59. The molecule has 0 atom stereocenters. The Hall–Kier alpha value is -5.61. The first kappa shape index (κ1) is 9.79. The smallest absolute Gasteiger partial charge is 0.164 e. The van der Waals surface area contributed by atoms with Gasteiger partial charge in [0.1, 0.15) is 11.2 Å². The molecule has 4 nitrogen and oxygen atoms in total. The Morgan fingerprint density at radius 3 is 1.78 bits per heavy atom. The van der Waals surface area contributed by atoms with Gasteiger partial charge in [-0.2, -0.15) is 0 Å². The minimum atomic E-state index is -0.945. The number of furan rings is 1. The number of hydrogen-bond acceptors (Lipinski definition) is 4. The Balaban J connectivity index is 1.66. The number of para-hydroxylation sites is 1. The Bertz CT molecular complexity index is 3350. The summed E-state index contributed by atoms with van der Waals surface area (Å²) >= 11 is 0. The van der Waals surface area contributed by atoms with E-state index in [-0.39, 0.29) is 0 Å². The number of nitrogens with zero attached hydrogens (tertiary/aromatic N) is 3. The molecule has 0 bridgehead atoms. The van der Waals surface area contributed by atoms with Gasteiger partial charge in [0, 0.05) is 27.5 Å². The van der Waals surface area contributed by atoms with Crippen LogP contribution in [0.5, 0.6) is 0 Å². The number of rotatable bonds is 4. The lowest BCUT2D eigenvalue weighted by molar-refractivity contribution is 0.669. The van der Waals surface area contributed by atoms with Gasteiger partial charge in [-0.15, -0.1) is 0 Å². The van der Waals surface area contributed by atoms with Crippen LogP contribution in [0.2, 0.25) is 0 Å². The Kier molecular flexibility index (Phi) is 2.28. The first-order chi connectivity index (χ1) is 29.9. The SMILES string of the molecule is [2H]c1c([2H])c([2H])c(-c2nc(-c3c([2H])c([2H])c([2H])c([2H])c3[2H])nc(-c3c([2H])c(-c4c([2H])c([2H])c5c([2H])c([2H])c([2H])c([2H])c5c4[2H])c([2H])c4oc5c([2H])c([2H])c([2H])c([2H])c5c34)n2)c([2H])c1[2H]. The molecule has 41 heavy (non-hydrogen) atoms. The maximum absolute atomic E-state index is 9.78. The summed E-state index contributed by atoms with van der Waals surface area (Å²) in [6, 6.07) is -19.3. The predicted molar refractivity (Wildman–Crippen MR) is 166 cm³/mol. The molecule has 0 radical (unpaired) electrons. The van der Waals surface area contributed by atoms with Crippen molar-refractivity contribution < 1.29 is 35.9 Å². The fourth-order valence-corrected chi connectivity index (χ4v) is 4.11. The number of hydrogen-bond donors (Lipinski definition) is 0. The van der Waals surface area contributed by atoms with Crippen molar-refractivity contribution in [2.24, 2.45) is 0 Å². The van der Waals surface area contributed by atoms with Crippen LogP contribution in [-0.4, -0.2) is 15.0 Å². The van der Waals surface area contributed by atoms with E-state index in [0.29, 0.717) is 0 Å². The molecule has 8 aromatic rings. The number of benzene rings is 6. The fourth-order valence-electron chi connectivity index (χ4n) is 4.11. The quantitative estimate of drug-likeness (QED) is 0.220. The van der Waals surface area contributed by atoms with Crippen LogP contribution in [-0.2, 0) is 0 Å². The second-order valence-corrected chi connectivity index (χ2v) is 8.32. The van der Waals surface area contributed by atoms with Gasteiger partial charge >= 0.3 is 0 Å². The summed E-state index contributed by atoms with van der Waals surface area (Å²) in [4.78, 5) is 13.0. The maximum Gasteiger partial charge on any atom is 0.164 e. The molecule has 0 aliphatic carbocycles. The molecular weight excluding hydrogens is 502 g/mol. The van der Waals surface area contributed by atoms with Crippen LogP contribution in [0.4, 0.5) is 0 Å². The Morgan fingerprint density at radius 1 is 0.439 bits per heavy atom. The Morgan fingerprint density at radius 2 is 1.05 bits per heavy atom. The van der Waals surface area contributed by atoms with E-state index < -0.39 is 217 Å². The zero-order chi connectivity index (χ0) is 47.2. The van der Waals surface area contributed by atoms with E-state index in [1.807, 2.05) is 0 Å². The van der Waals surface area contributed by atoms with Crippen LogP contribution in [0.3, 0.4) is 0 Å². The molecule has 0 saturated carbocycles. The van der Waals surface area contributed by atoms with E-state index in [9.17, 15) is 4.11 Å². The molecule has 0 unspecified atom stereocenters. The topological polar surface area (TPSA) is 51.8 Å². The van der Waals surface area contributed by atoms with Crippen molar-refractivity contribution in [3.63, 3.8) is 0 Å². The van der Waals surface area contributed by atoms with Crippen molar-refractivity contribution in [3.8, 4) is 45.3 Å². The Labute approximate surface area is 268 Å². The molecule has 2 heterocycles. The zero-order valence-electron chi connectivity index (χ0n) is 43.2. The third-order valence-corrected chi connectivity index (χ3v) is 5.88. The van der Waals surface area contributed by atoms with E-state index in [2.05, 4.69) is 15.0 Å². The average Bonchev–Trinajstić information content (AvgIpc) is 3.66. The van der Waals surface area contributed by atoms with E-state index >= 15 is 0 Å². The summed E-state index contributed by atoms with van der Waals surface area (Å²) in [5.41, 5.74) is -4.79. The molecule has 2 aromatic heterocycles. The summed E-state index contributed by atoms with van der Waals surface area (Å²) in [5.74, 6) is -2.39. The number of aromatic nitrogens is 3. The highest BCUT2D eigenvalue weighted by molar-refractivity contribution is 6.13. The van der Waals surface area contributed by atoms with Crippen LogP contribution in [0.15, 0.2) is 143 Å². The van der Waals surface area contributed by atoms with E-state index in [1.165, 1.54) is 0 Å². The molecule has 0 spiro atoms. The van der Waals surface area contributed by atoms with Gasteiger partial charge in [0.05, 0.1) is 31.5 Å². The molecule has 0 N–H and O–H groups in total. The molecule has 6 aromatic carbocycles. The first-order valence-electron chi connectivity index (χ1n) is 23.2. The van der Waals surface area contributed by atoms with Crippen molar-refractivity contribution >= 4 is 32.7 Å². The van der Waals surface area contributed by atoms with Gasteiger partial charge in [-0.05, 0) is 46.1 Å². The molecule has 0 aliphatic rings. The highest BCUT2D eigenvalue weighted by atomic mass is 16.3. The minimum absolute atomic E-state index is 0.468. The van der Waals surface area contributed by atoms with E-state index in [0.717, 1.165) is 0 Å². The minimum Gasteiger partial charge on any atom is -0.456 e. The summed E-state index contributed by atoms with van der Waals surface area (Å²) in [6.07, 6.45) is 0. The van der Waals surface area contributed by atoms with Crippen molar-refractivity contribution in [2.45, 2.75) is 0 Å². The first-order valence-corrected chi connectivity index (χ1v) is 11.7. The average molecular weight is 549 g/mol. The monoisotopic (exact) mass is 548 g/mol. The second kappa shape index (κ2) is 9.54. The van der Waals surface area contributed by atoms with Gasteiger partial charge in [-0.3, -0.25) is 0 Å². The largest absolute Gasteiger partial charge is 0.456 e. The summed E-state index contributed by atoms with van der Waals surface area (Å²) in [5, 5.41) is -2.05.